The highest BCUT2D eigenvalue weighted by Crippen LogP contribution is 2.30. The highest BCUT2D eigenvalue weighted by atomic mass is 35.5. The molecule has 3 rings (SSSR count). The van der Waals surface area contributed by atoms with Crippen LogP contribution in [-0.2, 0) is 26.2 Å². The summed E-state index contributed by atoms with van der Waals surface area (Å²) in [5, 5.41) is 3.30. The Balaban J connectivity index is 2.10. The van der Waals surface area contributed by atoms with E-state index in [1.165, 1.54) is 23.1 Å². The number of hydrogen-bond acceptors (Lipinski definition) is 5. The van der Waals surface area contributed by atoms with E-state index in [9.17, 15) is 18.0 Å². The SMILES string of the molecule is CC[C@H](C(=O)NC(C)(C)C)N(Cc1ccc(OC)cc1)C(=O)CN(c1cc(Cl)ccc1C)S(=O)(=O)c1ccccc1. The van der Waals surface area contributed by atoms with Crippen LogP contribution in [-0.4, -0.2) is 50.4 Å². The van der Waals surface area contributed by atoms with Gasteiger partial charge in [0, 0.05) is 17.1 Å². The molecule has 0 aliphatic carbocycles. The number of carbonyl (C=O) groups excluding carboxylic acids is 2. The number of rotatable bonds is 11. The third-order valence-electron chi connectivity index (χ3n) is 6.45. The van der Waals surface area contributed by atoms with Crippen molar-refractivity contribution in [1.82, 2.24) is 10.2 Å². The Bertz CT molecular complexity index is 1460. The lowest BCUT2D eigenvalue weighted by molar-refractivity contribution is -0.141. The molecular formula is C31H38ClN3O5S. The monoisotopic (exact) mass is 599 g/mol. The second kappa shape index (κ2) is 13.4. The lowest BCUT2D eigenvalue weighted by Gasteiger charge is -2.35. The Morgan fingerprint density at radius 2 is 1.63 bits per heavy atom. The number of anilines is 1. The van der Waals surface area contributed by atoms with E-state index in [1.807, 2.05) is 39.8 Å². The topological polar surface area (TPSA) is 96.0 Å². The summed E-state index contributed by atoms with van der Waals surface area (Å²) in [6.07, 6.45) is 0.325. The van der Waals surface area contributed by atoms with Gasteiger partial charge in [0.05, 0.1) is 17.7 Å². The van der Waals surface area contributed by atoms with Crippen LogP contribution in [0.5, 0.6) is 5.75 Å². The van der Waals surface area contributed by atoms with Gasteiger partial charge in [-0.05, 0) is 81.6 Å². The van der Waals surface area contributed by atoms with Gasteiger partial charge in [0.1, 0.15) is 18.3 Å². The van der Waals surface area contributed by atoms with Crippen molar-refractivity contribution in [3.8, 4) is 5.75 Å². The lowest BCUT2D eigenvalue weighted by atomic mass is 10.1. The minimum Gasteiger partial charge on any atom is -0.497 e. The minimum absolute atomic E-state index is 0.0337. The first kappa shape index (κ1) is 32.0. The van der Waals surface area contributed by atoms with Crippen molar-refractivity contribution in [2.75, 3.05) is 18.0 Å². The van der Waals surface area contributed by atoms with Crippen molar-refractivity contribution >= 4 is 39.1 Å². The van der Waals surface area contributed by atoms with Crippen LogP contribution >= 0.6 is 11.6 Å². The van der Waals surface area contributed by atoms with Gasteiger partial charge in [-0.25, -0.2) is 8.42 Å². The summed E-state index contributed by atoms with van der Waals surface area (Å²) in [5.74, 6) is -0.199. The summed E-state index contributed by atoms with van der Waals surface area (Å²) >= 11 is 6.28. The molecule has 0 aliphatic rings. The van der Waals surface area contributed by atoms with Crippen LogP contribution in [0.25, 0.3) is 0 Å². The number of nitrogens with one attached hydrogen (secondary N) is 1. The van der Waals surface area contributed by atoms with Crippen LogP contribution in [0.2, 0.25) is 5.02 Å². The van der Waals surface area contributed by atoms with Gasteiger partial charge in [-0.3, -0.25) is 13.9 Å². The summed E-state index contributed by atoms with van der Waals surface area (Å²) in [4.78, 5) is 29.1. The van der Waals surface area contributed by atoms with Crippen molar-refractivity contribution in [2.24, 2.45) is 0 Å². The van der Waals surface area contributed by atoms with Crippen LogP contribution in [0.15, 0.2) is 77.7 Å². The van der Waals surface area contributed by atoms with Gasteiger partial charge < -0.3 is 15.0 Å². The molecule has 3 aromatic carbocycles. The first-order valence-electron chi connectivity index (χ1n) is 13.3. The van der Waals surface area contributed by atoms with E-state index in [0.29, 0.717) is 22.8 Å². The third kappa shape index (κ3) is 8.24. The van der Waals surface area contributed by atoms with E-state index in [-0.39, 0.29) is 23.0 Å². The summed E-state index contributed by atoms with van der Waals surface area (Å²) in [5.41, 5.74) is 1.14. The Morgan fingerprint density at radius 3 is 2.20 bits per heavy atom. The van der Waals surface area contributed by atoms with Crippen molar-refractivity contribution < 1.29 is 22.7 Å². The molecule has 0 aliphatic heterocycles. The molecular weight excluding hydrogens is 562 g/mol. The molecule has 0 bridgehead atoms. The lowest BCUT2D eigenvalue weighted by Crippen LogP contribution is -2.55. The zero-order valence-corrected chi connectivity index (χ0v) is 25.9. The third-order valence-corrected chi connectivity index (χ3v) is 8.46. The van der Waals surface area contributed by atoms with E-state index in [2.05, 4.69) is 5.32 Å². The van der Waals surface area contributed by atoms with E-state index >= 15 is 0 Å². The number of carbonyl (C=O) groups is 2. The fourth-order valence-corrected chi connectivity index (χ4v) is 6.04. The first-order valence-corrected chi connectivity index (χ1v) is 15.2. The molecule has 41 heavy (non-hydrogen) atoms. The Morgan fingerprint density at radius 1 is 1.00 bits per heavy atom. The maximum absolute atomic E-state index is 14.2. The van der Waals surface area contributed by atoms with Crippen LogP contribution in [0.4, 0.5) is 5.69 Å². The van der Waals surface area contributed by atoms with Gasteiger partial charge in [-0.1, -0.05) is 54.9 Å². The average Bonchev–Trinajstić information content (AvgIpc) is 2.92. The molecule has 8 nitrogen and oxygen atoms in total. The number of nitrogens with zero attached hydrogens (tertiary/aromatic N) is 2. The van der Waals surface area contributed by atoms with Gasteiger partial charge in [0.15, 0.2) is 0 Å². The maximum atomic E-state index is 14.2. The van der Waals surface area contributed by atoms with Crippen LogP contribution in [0.1, 0.15) is 45.2 Å². The highest BCUT2D eigenvalue weighted by molar-refractivity contribution is 7.92. The highest BCUT2D eigenvalue weighted by Gasteiger charge is 2.35. The average molecular weight is 600 g/mol. The molecule has 1 atom stereocenters. The normalized spacial score (nSPS) is 12.4. The van der Waals surface area contributed by atoms with Crippen molar-refractivity contribution in [2.45, 2.75) is 64.1 Å². The first-order chi connectivity index (χ1) is 19.3. The molecule has 0 radical (unpaired) electrons. The van der Waals surface area contributed by atoms with Gasteiger partial charge >= 0.3 is 0 Å². The molecule has 0 saturated carbocycles. The Labute approximate surface area is 248 Å². The van der Waals surface area contributed by atoms with Gasteiger partial charge in [-0.15, -0.1) is 0 Å². The van der Waals surface area contributed by atoms with E-state index in [0.717, 1.165) is 9.87 Å². The predicted molar refractivity (Wildman–Crippen MR) is 163 cm³/mol. The molecule has 10 heteroatoms. The Kier molecular flexibility index (Phi) is 10.4. The summed E-state index contributed by atoms with van der Waals surface area (Å²) < 4.78 is 34.3. The molecule has 0 saturated heterocycles. The van der Waals surface area contributed by atoms with Gasteiger partial charge in [0.2, 0.25) is 11.8 Å². The largest absolute Gasteiger partial charge is 0.497 e. The van der Waals surface area contributed by atoms with Crippen molar-refractivity contribution in [1.29, 1.82) is 0 Å². The number of ether oxygens (including phenoxy) is 1. The molecule has 2 amide bonds. The maximum Gasteiger partial charge on any atom is 0.264 e. The molecule has 0 heterocycles. The summed E-state index contributed by atoms with van der Waals surface area (Å²) in [6, 6.07) is 19.1. The van der Waals surface area contributed by atoms with Crippen molar-refractivity contribution in [3.05, 3.63) is 88.9 Å². The number of aryl methyl sites for hydroxylation is 1. The number of sulfonamides is 1. The van der Waals surface area contributed by atoms with Crippen LogP contribution in [0, 0.1) is 6.92 Å². The molecule has 220 valence electrons. The van der Waals surface area contributed by atoms with E-state index in [4.69, 9.17) is 16.3 Å². The fraction of sp³-hybridized carbons (Fsp3) is 0.355. The predicted octanol–water partition coefficient (Wildman–Crippen LogP) is 5.57. The van der Waals surface area contributed by atoms with E-state index < -0.39 is 34.1 Å². The zero-order valence-electron chi connectivity index (χ0n) is 24.3. The van der Waals surface area contributed by atoms with Crippen molar-refractivity contribution in [3.63, 3.8) is 0 Å². The number of halogens is 1. The fourth-order valence-electron chi connectivity index (χ4n) is 4.38. The molecule has 0 unspecified atom stereocenters. The number of hydrogen-bond donors (Lipinski definition) is 1. The van der Waals surface area contributed by atoms with E-state index in [1.54, 1.807) is 56.5 Å². The number of amides is 2. The van der Waals surface area contributed by atoms with Crippen LogP contribution < -0.4 is 14.4 Å². The summed E-state index contributed by atoms with van der Waals surface area (Å²) in [6.45, 7) is 8.72. The smallest absolute Gasteiger partial charge is 0.264 e. The quantitative estimate of drug-likeness (QED) is 0.311. The van der Waals surface area contributed by atoms with Crippen LogP contribution in [0.3, 0.4) is 0 Å². The molecule has 1 N–H and O–H groups in total. The Hall–Kier alpha value is -3.56. The standard InChI is InChI=1S/C31H38ClN3O5S/c1-7-27(30(37)33-31(3,4)5)34(20-23-14-17-25(40-6)18-15-23)29(36)21-35(28-19-24(32)16-13-22(28)2)41(38,39)26-11-9-8-10-12-26/h8-19,27H,7,20-21H2,1-6H3,(H,33,37)/t27-/m1/s1. The number of benzene rings is 3. The molecule has 3 aromatic rings. The summed E-state index contributed by atoms with van der Waals surface area (Å²) in [7, 11) is -2.61. The second-order valence-electron chi connectivity index (χ2n) is 10.8. The minimum atomic E-state index is -4.18. The molecule has 0 aromatic heterocycles. The van der Waals surface area contributed by atoms with Gasteiger partial charge in [0.25, 0.3) is 10.0 Å². The molecule has 0 spiro atoms. The van der Waals surface area contributed by atoms with Gasteiger partial charge in [-0.2, -0.15) is 0 Å². The second-order valence-corrected chi connectivity index (χ2v) is 13.1. The molecule has 0 fully saturated rings. The zero-order chi connectivity index (χ0) is 30.4. The number of methoxy groups -OCH3 is 1.